The minimum atomic E-state index is -0.145. The number of rotatable bonds is 3. The summed E-state index contributed by atoms with van der Waals surface area (Å²) in [5.74, 6) is 0.0436. The zero-order valence-electron chi connectivity index (χ0n) is 12.1. The highest BCUT2D eigenvalue weighted by Gasteiger charge is 2.23. The molecule has 106 valence electrons. The SMILES string of the molecule is Cc1nn(C)c(C)c1CNC(=O)C1CNC(C)CN1. The van der Waals surface area contributed by atoms with Crippen molar-refractivity contribution >= 4 is 5.91 Å². The molecule has 6 heteroatoms. The highest BCUT2D eigenvalue weighted by Crippen LogP contribution is 2.11. The molecule has 3 N–H and O–H groups in total. The van der Waals surface area contributed by atoms with E-state index in [0.717, 1.165) is 23.5 Å². The van der Waals surface area contributed by atoms with Gasteiger partial charge in [-0.15, -0.1) is 0 Å². The Bertz CT molecular complexity index is 460. The zero-order valence-corrected chi connectivity index (χ0v) is 12.1. The summed E-state index contributed by atoms with van der Waals surface area (Å²) in [6.45, 7) is 8.13. The molecule has 1 saturated heterocycles. The van der Waals surface area contributed by atoms with E-state index in [1.807, 2.05) is 25.6 Å². The van der Waals surface area contributed by atoms with Crippen LogP contribution in [0.15, 0.2) is 0 Å². The van der Waals surface area contributed by atoms with E-state index >= 15 is 0 Å². The van der Waals surface area contributed by atoms with E-state index in [4.69, 9.17) is 0 Å². The number of hydrogen-bond donors (Lipinski definition) is 3. The fraction of sp³-hybridized carbons (Fsp3) is 0.692. The van der Waals surface area contributed by atoms with E-state index in [1.54, 1.807) is 0 Å². The molecule has 0 bridgehead atoms. The van der Waals surface area contributed by atoms with Gasteiger partial charge in [0.25, 0.3) is 0 Å². The number of carbonyl (C=O) groups is 1. The van der Waals surface area contributed by atoms with Crippen LogP contribution in [0.3, 0.4) is 0 Å². The number of hydrogen-bond acceptors (Lipinski definition) is 4. The van der Waals surface area contributed by atoms with Crippen molar-refractivity contribution in [3.63, 3.8) is 0 Å². The number of piperazine rings is 1. The summed E-state index contributed by atoms with van der Waals surface area (Å²) >= 11 is 0. The summed E-state index contributed by atoms with van der Waals surface area (Å²) in [6, 6.07) is 0.278. The van der Waals surface area contributed by atoms with E-state index < -0.39 is 0 Å². The molecule has 19 heavy (non-hydrogen) atoms. The van der Waals surface area contributed by atoms with Crippen molar-refractivity contribution in [2.45, 2.75) is 39.4 Å². The molecule has 1 aliphatic rings. The Kier molecular flexibility index (Phi) is 4.21. The summed E-state index contributed by atoms with van der Waals surface area (Å²) in [5.41, 5.74) is 3.18. The third-order valence-corrected chi connectivity index (χ3v) is 3.76. The van der Waals surface area contributed by atoms with Crippen LogP contribution < -0.4 is 16.0 Å². The lowest BCUT2D eigenvalue weighted by atomic mass is 10.1. The summed E-state index contributed by atoms with van der Waals surface area (Å²) in [7, 11) is 1.92. The maximum Gasteiger partial charge on any atom is 0.238 e. The van der Waals surface area contributed by atoms with Crippen LogP contribution in [0.1, 0.15) is 23.9 Å². The topological polar surface area (TPSA) is 71.0 Å². The van der Waals surface area contributed by atoms with Crippen LogP contribution in [0, 0.1) is 13.8 Å². The number of carbonyl (C=O) groups excluding carboxylic acids is 1. The zero-order chi connectivity index (χ0) is 14.0. The molecule has 0 aliphatic carbocycles. The van der Waals surface area contributed by atoms with Gasteiger partial charge in [-0.1, -0.05) is 0 Å². The highest BCUT2D eigenvalue weighted by atomic mass is 16.2. The van der Waals surface area contributed by atoms with E-state index in [9.17, 15) is 4.79 Å². The molecule has 1 aromatic rings. The molecule has 2 unspecified atom stereocenters. The Labute approximate surface area is 113 Å². The smallest absolute Gasteiger partial charge is 0.238 e. The molecular weight excluding hydrogens is 242 g/mol. The molecule has 2 atom stereocenters. The second-order valence-corrected chi connectivity index (χ2v) is 5.26. The molecule has 0 aromatic carbocycles. The van der Waals surface area contributed by atoms with Crippen molar-refractivity contribution < 1.29 is 4.79 Å². The lowest BCUT2D eigenvalue weighted by Crippen LogP contribution is -2.58. The van der Waals surface area contributed by atoms with Gasteiger partial charge in [0.05, 0.1) is 11.7 Å². The van der Waals surface area contributed by atoms with Gasteiger partial charge in [-0.2, -0.15) is 5.10 Å². The quantitative estimate of drug-likeness (QED) is 0.696. The Morgan fingerprint density at radius 1 is 1.42 bits per heavy atom. The van der Waals surface area contributed by atoms with Crippen molar-refractivity contribution in [1.82, 2.24) is 25.7 Å². The number of aromatic nitrogens is 2. The molecule has 0 spiro atoms. The van der Waals surface area contributed by atoms with E-state index in [0.29, 0.717) is 19.1 Å². The Hall–Kier alpha value is -1.40. The monoisotopic (exact) mass is 265 g/mol. The number of amides is 1. The second kappa shape index (κ2) is 5.71. The Balaban J connectivity index is 1.90. The van der Waals surface area contributed by atoms with E-state index in [2.05, 4.69) is 28.0 Å². The molecule has 1 amide bonds. The van der Waals surface area contributed by atoms with Crippen LogP contribution >= 0.6 is 0 Å². The fourth-order valence-electron chi connectivity index (χ4n) is 2.34. The molecule has 2 heterocycles. The van der Waals surface area contributed by atoms with Crippen LogP contribution in [0.25, 0.3) is 0 Å². The van der Waals surface area contributed by atoms with Crippen LogP contribution in [0.2, 0.25) is 0 Å². The Morgan fingerprint density at radius 3 is 2.68 bits per heavy atom. The summed E-state index contributed by atoms with van der Waals surface area (Å²) in [4.78, 5) is 12.1. The maximum absolute atomic E-state index is 12.1. The fourth-order valence-corrected chi connectivity index (χ4v) is 2.34. The van der Waals surface area contributed by atoms with Crippen LogP contribution in [-0.4, -0.2) is 40.9 Å². The van der Waals surface area contributed by atoms with Gasteiger partial charge >= 0.3 is 0 Å². The normalized spacial score (nSPS) is 23.4. The predicted molar refractivity (Wildman–Crippen MR) is 73.8 cm³/mol. The van der Waals surface area contributed by atoms with Gasteiger partial charge in [-0.25, -0.2) is 0 Å². The highest BCUT2D eigenvalue weighted by molar-refractivity contribution is 5.82. The minimum absolute atomic E-state index is 0.0436. The maximum atomic E-state index is 12.1. The standard InChI is InChI=1S/C13H23N5O/c1-8-5-15-12(7-14-8)13(19)16-6-11-9(2)17-18(4)10(11)3/h8,12,14-15H,5-7H2,1-4H3,(H,16,19). The molecule has 1 aromatic heterocycles. The number of nitrogens with zero attached hydrogens (tertiary/aromatic N) is 2. The molecular formula is C13H23N5O. The number of nitrogens with one attached hydrogen (secondary N) is 3. The van der Waals surface area contributed by atoms with Crippen LogP contribution in [0.4, 0.5) is 0 Å². The van der Waals surface area contributed by atoms with Gasteiger partial charge in [0.1, 0.15) is 0 Å². The van der Waals surface area contributed by atoms with Gasteiger partial charge in [-0.05, 0) is 20.8 Å². The van der Waals surface area contributed by atoms with Gasteiger partial charge in [-0.3, -0.25) is 9.48 Å². The van der Waals surface area contributed by atoms with Crippen molar-refractivity contribution in [3.8, 4) is 0 Å². The summed E-state index contributed by atoms with van der Waals surface area (Å²) in [6.07, 6.45) is 0. The van der Waals surface area contributed by atoms with E-state index in [-0.39, 0.29) is 11.9 Å². The molecule has 1 fully saturated rings. The first-order valence-electron chi connectivity index (χ1n) is 6.72. The molecule has 0 saturated carbocycles. The first-order valence-corrected chi connectivity index (χ1v) is 6.72. The first-order chi connectivity index (χ1) is 8.99. The average molecular weight is 265 g/mol. The molecule has 1 aliphatic heterocycles. The largest absolute Gasteiger partial charge is 0.350 e. The summed E-state index contributed by atoms with van der Waals surface area (Å²) in [5, 5.41) is 13.9. The Morgan fingerprint density at radius 2 is 2.16 bits per heavy atom. The molecule has 0 radical (unpaired) electrons. The van der Waals surface area contributed by atoms with E-state index in [1.165, 1.54) is 0 Å². The number of aryl methyl sites for hydroxylation is 2. The third kappa shape index (κ3) is 3.13. The van der Waals surface area contributed by atoms with Crippen molar-refractivity contribution in [2.75, 3.05) is 13.1 Å². The van der Waals surface area contributed by atoms with Gasteiger partial charge in [0.15, 0.2) is 0 Å². The van der Waals surface area contributed by atoms with Gasteiger partial charge < -0.3 is 16.0 Å². The molecule has 2 rings (SSSR count). The van der Waals surface area contributed by atoms with Gasteiger partial charge in [0.2, 0.25) is 5.91 Å². The van der Waals surface area contributed by atoms with Crippen molar-refractivity contribution in [1.29, 1.82) is 0 Å². The van der Waals surface area contributed by atoms with Crippen molar-refractivity contribution in [2.24, 2.45) is 7.05 Å². The van der Waals surface area contributed by atoms with Crippen LogP contribution in [0.5, 0.6) is 0 Å². The lowest BCUT2D eigenvalue weighted by Gasteiger charge is -2.28. The van der Waals surface area contributed by atoms with Crippen molar-refractivity contribution in [3.05, 3.63) is 17.0 Å². The van der Waals surface area contributed by atoms with Crippen LogP contribution in [-0.2, 0) is 18.4 Å². The average Bonchev–Trinajstić information content (AvgIpc) is 2.62. The van der Waals surface area contributed by atoms with Gasteiger partial charge in [0, 0.05) is 44.0 Å². The lowest BCUT2D eigenvalue weighted by molar-refractivity contribution is -0.123. The summed E-state index contributed by atoms with van der Waals surface area (Å²) < 4.78 is 1.85. The second-order valence-electron chi connectivity index (χ2n) is 5.26. The minimum Gasteiger partial charge on any atom is -0.350 e. The molecule has 6 nitrogen and oxygen atoms in total. The predicted octanol–water partition coefficient (Wildman–Crippen LogP) is -0.397. The first kappa shape index (κ1) is 14.0. The third-order valence-electron chi connectivity index (χ3n) is 3.76.